The third-order valence-corrected chi connectivity index (χ3v) is 1.27. The molecule has 6 heteroatoms. The first-order valence-electron chi connectivity index (χ1n) is 2.91. The molecule has 66 valence electrons. The Labute approximate surface area is 64.8 Å². The summed E-state index contributed by atoms with van der Waals surface area (Å²) in [6.45, 7) is 0. The van der Waals surface area contributed by atoms with Crippen molar-refractivity contribution < 1.29 is 23.1 Å². The van der Waals surface area contributed by atoms with Crippen LogP contribution in [0.2, 0.25) is 0 Å². The predicted molar refractivity (Wildman–Crippen MR) is 32.8 cm³/mol. The van der Waals surface area contributed by atoms with E-state index < -0.39 is 23.4 Å². The Balaban J connectivity index is 3.17. The van der Waals surface area contributed by atoms with Gasteiger partial charge >= 0.3 is 12.1 Å². The molecular weight excluding hydrogens is 175 g/mol. The van der Waals surface area contributed by atoms with Crippen LogP contribution in [-0.4, -0.2) is 16.1 Å². The third kappa shape index (κ3) is 1.41. The van der Waals surface area contributed by atoms with Crippen LogP contribution in [0.1, 0.15) is 16.1 Å². The molecule has 0 radical (unpaired) electrons. The highest BCUT2D eigenvalue weighted by molar-refractivity contribution is 5.87. The zero-order chi connectivity index (χ0) is 9.35. The molecular formula is C6H4F3NO2. The van der Waals surface area contributed by atoms with Crippen LogP contribution in [0.4, 0.5) is 13.2 Å². The maximum atomic E-state index is 12.0. The van der Waals surface area contributed by atoms with Crippen LogP contribution >= 0.6 is 0 Å². The summed E-state index contributed by atoms with van der Waals surface area (Å²) in [6.07, 6.45) is -3.68. The standard InChI is InChI=1S/C6H4F3NO2/c7-6(8,9)3-1-2-10-4(3)5(11)12/h1-2,10H,(H,11,12). The van der Waals surface area contributed by atoms with Crippen molar-refractivity contribution >= 4 is 5.97 Å². The predicted octanol–water partition coefficient (Wildman–Crippen LogP) is 1.73. The number of aromatic carboxylic acids is 1. The molecule has 0 spiro atoms. The van der Waals surface area contributed by atoms with E-state index in [-0.39, 0.29) is 0 Å². The van der Waals surface area contributed by atoms with Crippen molar-refractivity contribution in [2.24, 2.45) is 0 Å². The zero-order valence-electron chi connectivity index (χ0n) is 5.64. The van der Waals surface area contributed by atoms with Crippen LogP contribution in [0.25, 0.3) is 0 Å². The van der Waals surface area contributed by atoms with Crippen molar-refractivity contribution in [1.29, 1.82) is 0 Å². The Morgan fingerprint density at radius 1 is 1.50 bits per heavy atom. The second-order valence-electron chi connectivity index (χ2n) is 2.07. The van der Waals surface area contributed by atoms with E-state index in [9.17, 15) is 18.0 Å². The second kappa shape index (κ2) is 2.54. The molecule has 0 fully saturated rings. The number of carboxylic acid groups (broad SMARTS) is 1. The van der Waals surface area contributed by atoms with Crippen LogP contribution in [0, 0.1) is 0 Å². The molecule has 1 aromatic heterocycles. The average molecular weight is 179 g/mol. The second-order valence-corrected chi connectivity index (χ2v) is 2.07. The van der Waals surface area contributed by atoms with Crippen LogP contribution in [0.3, 0.4) is 0 Å². The fourth-order valence-corrected chi connectivity index (χ4v) is 0.783. The number of H-pyrrole nitrogens is 1. The van der Waals surface area contributed by atoms with Gasteiger partial charge in [0.15, 0.2) is 0 Å². The third-order valence-electron chi connectivity index (χ3n) is 1.27. The lowest BCUT2D eigenvalue weighted by atomic mass is 10.2. The minimum absolute atomic E-state index is 0.684. The molecule has 2 N–H and O–H groups in total. The average Bonchev–Trinajstić information content (AvgIpc) is 2.30. The molecule has 0 saturated heterocycles. The number of halogens is 3. The first-order chi connectivity index (χ1) is 5.43. The van der Waals surface area contributed by atoms with Gasteiger partial charge in [0, 0.05) is 6.20 Å². The van der Waals surface area contributed by atoms with Gasteiger partial charge in [0.05, 0.1) is 5.56 Å². The summed E-state index contributed by atoms with van der Waals surface area (Å²) >= 11 is 0. The maximum absolute atomic E-state index is 12.0. The van der Waals surface area contributed by atoms with Gasteiger partial charge in [-0.25, -0.2) is 4.79 Å². The Morgan fingerprint density at radius 3 is 2.42 bits per heavy atom. The van der Waals surface area contributed by atoms with Crippen LogP contribution < -0.4 is 0 Å². The molecule has 1 rings (SSSR count). The van der Waals surface area contributed by atoms with Gasteiger partial charge in [0.2, 0.25) is 0 Å². The lowest BCUT2D eigenvalue weighted by Gasteiger charge is -2.03. The van der Waals surface area contributed by atoms with Crippen molar-refractivity contribution in [2.75, 3.05) is 0 Å². The van der Waals surface area contributed by atoms with E-state index >= 15 is 0 Å². The fraction of sp³-hybridized carbons (Fsp3) is 0.167. The van der Waals surface area contributed by atoms with Crippen LogP contribution in [0.15, 0.2) is 12.3 Å². The smallest absolute Gasteiger partial charge is 0.418 e. The number of aromatic nitrogens is 1. The summed E-state index contributed by atoms with van der Waals surface area (Å²) < 4.78 is 35.9. The number of carboxylic acids is 1. The van der Waals surface area contributed by atoms with Gasteiger partial charge in [-0.05, 0) is 6.07 Å². The van der Waals surface area contributed by atoms with Crippen molar-refractivity contribution in [2.45, 2.75) is 6.18 Å². The summed E-state index contributed by atoms with van der Waals surface area (Å²) in [6, 6.07) is 0.684. The van der Waals surface area contributed by atoms with Gasteiger partial charge in [0.25, 0.3) is 0 Å². The molecule has 0 aromatic carbocycles. The van der Waals surface area contributed by atoms with E-state index in [1.807, 2.05) is 4.98 Å². The Bertz CT molecular complexity index is 302. The monoisotopic (exact) mass is 179 g/mol. The van der Waals surface area contributed by atoms with E-state index in [4.69, 9.17) is 5.11 Å². The lowest BCUT2D eigenvalue weighted by Crippen LogP contribution is -2.10. The SMILES string of the molecule is O=C(O)c1[nH]ccc1C(F)(F)F. The fourth-order valence-electron chi connectivity index (χ4n) is 0.783. The minimum Gasteiger partial charge on any atom is -0.477 e. The van der Waals surface area contributed by atoms with Crippen molar-refractivity contribution in [1.82, 2.24) is 4.98 Å². The first-order valence-corrected chi connectivity index (χ1v) is 2.91. The largest absolute Gasteiger partial charge is 0.477 e. The number of hydrogen-bond donors (Lipinski definition) is 2. The normalized spacial score (nSPS) is 11.6. The van der Waals surface area contributed by atoms with Crippen LogP contribution in [0.5, 0.6) is 0 Å². The number of nitrogens with one attached hydrogen (secondary N) is 1. The Hall–Kier alpha value is -1.46. The van der Waals surface area contributed by atoms with Gasteiger partial charge in [-0.1, -0.05) is 0 Å². The van der Waals surface area contributed by atoms with Gasteiger partial charge in [0.1, 0.15) is 5.69 Å². The summed E-state index contributed by atoms with van der Waals surface area (Å²) in [5.41, 5.74) is -1.99. The zero-order valence-corrected chi connectivity index (χ0v) is 5.64. The van der Waals surface area contributed by atoms with Gasteiger partial charge in [-0.3, -0.25) is 0 Å². The number of hydrogen-bond acceptors (Lipinski definition) is 1. The Morgan fingerprint density at radius 2 is 2.08 bits per heavy atom. The molecule has 12 heavy (non-hydrogen) atoms. The van der Waals surface area contributed by atoms with Crippen molar-refractivity contribution in [3.8, 4) is 0 Å². The molecule has 0 aliphatic carbocycles. The molecule has 0 saturated carbocycles. The van der Waals surface area contributed by atoms with Gasteiger partial charge in [-0.2, -0.15) is 13.2 Å². The van der Waals surface area contributed by atoms with E-state index in [0.717, 1.165) is 6.20 Å². The van der Waals surface area contributed by atoms with Crippen molar-refractivity contribution in [3.63, 3.8) is 0 Å². The molecule has 0 aliphatic heterocycles. The molecule has 1 aromatic rings. The highest BCUT2D eigenvalue weighted by atomic mass is 19.4. The molecule has 0 amide bonds. The molecule has 0 bridgehead atoms. The number of aromatic amines is 1. The number of alkyl halides is 3. The molecule has 0 unspecified atom stereocenters. The summed E-state index contributed by atoms with van der Waals surface area (Å²) in [5.74, 6) is -1.62. The van der Waals surface area contributed by atoms with E-state index in [2.05, 4.69) is 0 Å². The van der Waals surface area contributed by atoms with E-state index in [1.165, 1.54) is 0 Å². The summed E-state index contributed by atoms with van der Waals surface area (Å²) in [5, 5.41) is 8.29. The molecule has 0 aliphatic rings. The Kier molecular flexibility index (Phi) is 1.83. The molecule has 3 nitrogen and oxygen atoms in total. The molecule has 1 heterocycles. The number of carbonyl (C=O) groups is 1. The van der Waals surface area contributed by atoms with Gasteiger partial charge < -0.3 is 10.1 Å². The van der Waals surface area contributed by atoms with Gasteiger partial charge in [-0.15, -0.1) is 0 Å². The van der Waals surface area contributed by atoms with E-state index in [1.54, 1.807) is 0 Å². The number of rotatable bonds is 1. The quantitative estimate of drug-likeness (QED) is 0.689. The summed E-state index contributed by atoms with van der Waals surface area (Å²) in [4.78, 5) is 12.2. The van der Waals surface area contributed by atoms with Crippen LogP contribution in [-0.2, 0) is 6.18 Å². The minimum atomic E-state index is -4.62. The highest BCUT2D eigenvalue weighted by Crippen LogP contribution is 2.31. The van der Waals surface area contributed by atoms with E-state index in [0.29, 0.717) is 6.07 Å². The topological polar surface area (TPSA) is 53.1 Å². The lowest BCUT2D eigenvalue weighted by molar-refractivity contribution is -0.138. The van der Waals surface area contributed by atoms with Crippen molar-refractivity contribution in [3.05, 3.63) is 23.5 Å². The molecule has 0 atom stereocenters. The highest BCUT2D eigenvalue weighted by Gasteiger charge is 2.36. The summed E-state index contributed by atoms with van der Waals surface area (Å²) in [7, 11) is 0. The maximum Gasteiger partial charge on any atom is 0.418 e. The first kappa shape index (κ1) is 8.63.